The minimum Gasteiger partial charge on any atom is -0.304 e. The highest BCUT2D eigenvalue weighted by atomic mass is 79.9. The predicted octanol–water partition coefficient (Wildman–Crippen LogP) is 4.75. The topological polar surface area (TPSA) is 12.0 Å². The summed E-state index contributed by atoms with van der Waals surface area (Å²) >= 11 is 3.39. The van der Waals surface area contributed by atoms with E-state index in [1.54, 1.807) is 6.07 Å². The minimum absolute atomic E-state index is 0.270. The smallest absolute Gasteiger partial charge is 0.163 e. The Morgan fingerprint density at radius 1 is 1.05 bits per heavy atom. The SMILES string of the molecule is CC(C)(NCc1cccc(F)c1F)c1ccc(Br)cc1. The number of benzene rings is 2. The Bertz CT molecular complexity index is 594. The van der Waals surface area contributed by atoms with Crippen LogP contribution in [-0.2, 0) is 12.1 Å². The minimum atomic E-state index is -0.814. The molecule has 20 heavy (non-hydrogen) atoms. The maximum atomic E-state index is 13.6. The van der Waals surface area contributed by atoms with Crippen molar-refractivity contribution in [2.75, 3.05) is 0 Å². The van der Waals surface area contributed by atoms with E-state index in [-0.39, 0.29) is 12.1 Å². The second-order valence-corrected chi connectivity index (χ2v) is 6.11. The molecule has 0 aliphatic carbocycles. The monoisotopic (exact) mass is 339 g/mol. The van der Waals surface area contributed by atoms with E-state index in [0.29, 0.717) is 5.56 Å². The van der Waals surface area contributed by atoms with E-state index in [0.717, 1.165) is 16.1 Å². The second kappa shape index (κ2) is 6.02. The Balaban J connectivity index is 2.12. The van der Waals surface area contributed by atoms with E-state index >= 15 is 0 Å². The van der Waals surface area contributed by atoms with Gasteiger partial charge in [0.25, 0.3) is 0 Å². The summed E-state index contributed by atoms with van der Waals surface area (Å²) in [6, 6.07) is 12.1. The van der Waals surface area contributed by atoms with Crippen LogP contribution in [0, 0.1) is 11.6 Å². The number of nitrogens with one attached hydrogen (secondary N) is 1. The van der Waals surface area contributed by atoms with Crippen LogP contribution in [0.2, 0.25) is 0 Å². The molecular formula is C16H16BrF2N. The third kappa shape index (κ3) is 3.44. The maximum Gasteiger partial charge on any atom is 0.163 e. The molecule has 0 aliphatic rings. The van der Waals surface area contributed by atoms with Crippen molar-refractivity contribution in [3.05, 3.63) is 69.7 Å². The zero-order valence-corrected chi connectivity index (χ0v) is 13.0. The molecule has 0 saturated heterocycles. The summed E-state index contributed by atoms with van der Waals surface area (Å²) in [5.41, 5.74) is 1.08. The van der Waals surface area contributed by atoms with Crippen LogP contribution < -0.4 is 5.32 Å². The van der Waals surface area contributed by atoms with Gasteiger partial charge in [-0.1, -0.05) is 40.2 Å². The van der Waals surface area contributed by atoms with Crippen molar-refractivity contribution >= 4 is 15.9 Å². The summed E-state index contributed by atoms with van der Waals surface area (Å²) in [4.78, 5) is 0. The van der Waals surface area contributed by atoms with Gasteiger partial charge in [0.15, 0.2) is 11.6 Å². The summed E-state index contributed by atoms with van der Waals surface area (Å²) in [7, 11) is 0. The zero-order chi connectivity index (χ0) is 14.8. The van der Waals surface area contributed by atoms with Crippen molar-refractivity contribution in [1.82, 2.24) is 5.32 Å². The van der Waals surface area contributed by atoms with Crippen molar-refractivity contribution in [2.45, 2.75) is 25.9 Å². The molecule has 2 rings (SSSR count). The van der Waals surface area contributed by atoms with Crippen molar-refractivity contribution in [1.29, 1.82) is 0 Å². The van der Waals surface area contributed by atoms with E-state index in [1.165, 1.54) is 6.07 Å². The van der Waals surface area contributed by atoms with E-state index < -0.39 is 11.6 Å². The molecule has 0 saturated carbocycles. The average Bonchev–Trinajstić information content (AvgIpc) is 2.41. The Morgan fingerprint density at radius 2 is 1.70 bits per heavy atom. The molecule has 2 aromatic carbocycles. The van der Waals surface area contributed by atoms with Crippen LogP contribution >= 0.6 is 15.9 Å². The summed E-state index contributed by atoms with van der Waals surface area (Å²) in [6.07, 6.45) is 0. The van der Waals surface area contributed by atoms with Crippen LogP contribution in [0.1, 0.15) is 25.0 Å². The Hall–Kier alpha value is -1.26. The quantitative estimate of drug-likeness (QED) is 0.847. The second-order valence-electron chi connectivity index (χ2n) is 5.20. The van der Waals surface area contributed by atoms with E-state index in [2.05, 4.69) is 21.2 Å². The lowest BCUT2D eigenvalue weighted by Gasteiger charge is -2.27. The van der Waals surface area contributed by atoms with Crippen LogP contribution in [0.25, 0.3) is 0 Å². The van der Waals surface area contributed by atoms with Gasteiger partial charge in [0, 0.05) is 22.1 Å². The van der Waals surface area contributed by atoms with Crippen LogP contribution in [-0.4, -0.2) is 0 Å². The van der Waals surface area contributed by atoms with E-state index in [4.69, 9.17) is 0 Å². The van der Waals surface area contributed by atoms with Crippen LogP contribution in [0.5, 0.6) is 0 Å². The van der Waals surface area contributed by atoms with Gasteiger partial charge in [0.2, 0.25) is 0 Å². The Labute approximate surface area is 126 Å². The molecule has 4 heteroatoms. The predicted molar refractivity (Wildman–Crippen MR) is 80.4 cm³/mol. The normalized spacial score (nSPS) is 11.7. The molecule has 1 nitrogen and oxygen atoms in total. The fourth-order valence-electron chi connectivity index (χ4n) is 1.97. The first-order valence-electron chi connectivity index (χ1n) is 6.34. The van der Waals surface area contributed by atoms with Crippen LogP contribution in [0.3, 0.4) is 0 Å². The van der Waals surface area contributed by atoms with E-state index in [9.17, 15) is 8.78 Å². The standard InChI is InChI=1S/C16H16BrF2N/c1-16(2,12-6-8-13(17)9-7-12)20-10-11-4-3-5-14(18)15(11)19/h3-9,20H,10H2,1-2H3. The third-order valence-electron chi connectivity index (χ3n) is 3.32. The molecule has 0 bridgehead atoms. The third-order valence-corrected chi connectivity index (χ3v) is 3.85. The number of halogens is 3. The molecule has 0 fully saturated rings. The van der Waals surface area contributed by atoms with Gasteiger partial charge in [-0.2, -0.15) is 0 Å². The van der Waals surface area contributed by atoms with Crippen molar-refractivity contribution in [2.24, 2.45) is 0 Å². The molecule has 0 unspecified atom stereocenters. The van der Waals surface area contributed by atoms with Gasteiger partial charge < -0.3 is 5.32 Å². The molecule has 0 heterocycles. The van der Waals surface area contributed by atoms with Gasteiger partial charge in [-0.3, -0.25) is 0 Å². The molecule has 0 spiro atoms. The first-order valence-corrected chi connectivity index (χ1v) is 7.13. The lowest BCUT2D eigenvalue weighted by molar-refractivity contribution is 0.392. The summed E-state index contributed by atoms with van der Waals surface area (Å²) in [5, 5.41) is 3.26. The van der Waals surface area contributed by atoms with Crippen LogP contribution in [0.15, 0.2) is 46.9 Å². The lowest BCUT2D eigenvalue weighted by atomic mass is 9.94. The van der Waals surface area contributed by atoms with Gasteiger partial charge in [0.05, 0.1) is 0 Å². The first-order chi connectivity index (χ1) is 9.40. The zero-order valence-electron chi connectivity index (χ0n) is 11.4. The highest BCUT2D eigenvalue weighted by molar-refractivity contribution is 9.10. The molecule has 106 valence electrons. The molecule has 1 N–H and O–H groups in total. The summed E-state index contributed by atoms with van der Waals surface area (Å²) < 4.78 is 27.8. The highest BCUT2D eigenvalue weighted by Crippen LogP contribution is 2.23. The number of hydrogen-bond donors (Lipinski definition) is 1. The molecule has 0 radical (unpaired) electrons. The fraction of sp³-hybridized carbons (Fsp3) is 0.250. The molecule has 0 aromatic heterocycles. The van der Waals surface area contributed by atoms with Gasteiger partial charge in [-0.05, 0) is 37.6 Å². The van der Waals surface area contributed by atoms with Crippen molar-refractivity contribution in [3.63, 3.8) is 0 Å². The molecular weight excluding hydrogens is 324 g/mol. The van der Waals surface area contributed by atoms with Gasteiger partial charge >= 0.3 is 0 Å². The fourth-order valence-corrected chi connectivity index (χ4v) is 2.23. The number of rotatable bonds is 4. The van der Waals surface area contributed by atoms with Gasteiger partial charge in [-0.15, -0.1) is 0 Å². The molecule has 2 aromatic rings. The van der Waals surface area contributed by atoms with E-state index in [1.807, 2.05) is 38.1 Å². The maximum absolute atomic E-state index is 13.6. The largest absolute Gasteiger partial charge is 0.304 e. The van der Waals surface area contributed by atoms with Crippen molar-refractivity contribution in [3.8, 4) is 0 Å². The first kappa shape index (κ1) is 15.1. The summed E-state index contributed by atoms with van der Waals surface area (Å²) in [6.45, 7) is 4.29. The number of hydrogen-bond acceptors (Lipinski definition) is 1. The van der Waals surface area contributed by atoms with Gasteiger partial charge in [-0.25, -0.2) is 8.78 Å². The van der Waals surface area contributed by atoms with Gasteiger partial charge in [0.1, 0.15) is 0 Å². The Morgan fingerprint density at radius 3 is 2.35 bits per heavy atom. The lowest BCUT2D eigenvalue weighted by Crippen LogP contribution is -2.36. The molecule has 0 aliphatic heterocycles. The van der Waals surface area contributed by atoms with Crippen LogP contribution in [0.4, 0.5) is 8.78 Å². The summed E-state index contributed by atoms with van der Waals surface area (Å²) in [5.74, 6) is -1.60. The molecule has 0 amide bonds. The highest BCUT2D eigenvalue weighted by Gasteiger charge is 2.20. The average molecular weight is 340 g/mol. The Kier molecular flexibility index (Phi) is 4.55. The van der Waals surface area contributed by atoms with Crippen molar-refractivity contribution < 1.29 is 8.78 Å². The molecule has 0 atom stereocenters.